The first-order chi connectivity index (χ1) is 8.11. The van der Waals surface area contributed by atoms with Crippen LogP contribution in [-0.2, 0) is 6.54 Å². The van der Waals surface area contributed by atoms with Gasteiger partial charge in [0.25, 0.3) is 5.91 Å². The molecule has 0 aliphatic heterocycles. The summed E-state index contributed by atoms with van der Waals surface area (Å²) in [7, 11) is 1.84. The second-order valence-electron chi connectivity index (χ2n) is 4.91. The van der Waals surface area contributed by atoms with Crippen LogP contribution in [0.3, 0.4) is 0 Å². The van der Waals surface area contributed by atoms with Gasteiger partial charge in [0, 0.05) is 26.3 Å². The van der Waals surface area contributed by atoms with Gasteiger partial charge in [0.1, 0.15) is 5.69 Å². The molecule has 2 unspecified atom stereocenters. The molecule has 1 aliphatic rings. The average molecular weight is 233 g/mol. The van der Waals surface area contributed by atoms with Crippen LogP contribution in [0.15, 0.2) is 18.3 Å². The lowest BCUT2D eigenvalue weighted by Crippen LogP contribution is -2.29. The van der Waals surface area contributed by atoms with Gasteiger partial charge in [-0.1, -0.05) is 13.0 Å². The third-order valence-electron chi connectivity index (χ3n) is 3.41. The van der Waals surface area contributed by atoms with Crippen LogP contribution in [0.4, 0.5) is 0 Å². The zero-order valence-electron chi connectivity index (χ0n) is 10.4. The van der Waals surface area contributed by atoms with Crippen LogP contribution < -0.4 is 5.73 Å². The van der Waals surface area contributed by atoms with Crippen LogP contribution in [0.5, 0.6) is 0 Å². The fourth-order valence-corrected chi connectivity index (χ4v) is 1.96. The number of carbonyl (C=O) groups excluding carboxylic acids is 1. The van der Waals surface area contributed by atoms with Crippen LogP contribution >= 0.6 is 0 Å². The molecule has 1 saturated carbocycles. The molecule has 1 aromatic rings. The average Bonchev–Trinajstić information content (AvgIpc) is 3.04. The van der Waals surface area contributed by atoms with E-state index in [1.165, 1.54) is 6.42 Å². The Labute approximate surface area is 102 Å². The molecule has 0 bridgehead atoms. The number of nitrogens with two attached hydrogens (primary N) is 1. The highest BCUT2D eigenvalue weighted by atomic mass is 16.2. The number of carbonyl (C=O) groups is 1. The Morgan fingerprint density at radius 1 is 1.59 bits per heavy atom. The van der Waals surface area contributed by atoms with Crippen molar-refractivity contribution in [2.24, 2.45) is 17.6 Å². The van der Waals surface area contributed by atoms with Gasteiger partial charge in [0.2, 0.25) is 0 Å². The first-order valence-electron chi connectivity index (χ1n) is 6.02. The molecule has 1 aliphatic carbocycles. The Morgan fingerprint density at radius 3 is 2.76 bits per heavy atom. The summed E-state index contributed by atoms with van der Waals surface area (Å²) in [6.45, 7) is 3.51. The number of hydrogen-bond acceptors (Lipinski definition) is 3. The molecule has 2 rings (SSSR count). The molecule has 1 amide bonds. The van der Waals surface area contributed by atoms with Crippen molar-refractivity contribution in [3.8, 4) is 0 Å². The number of amides is 1. The number of pyridine rings is 1. The topological polar surface area (TPSA) is 59.2 Å². The Bertz CT molecular complexity index is 402. The molecule has 1 fully saturated rings. The van der Waals surface area contributed by atoms with Crippen molar-refractivity contribution in [1.82, 2.24) is 9.88 Å². The maximum atomic E-state index is 12.0. The normalized spacial score (nSPS) is 22.3. The summed E-state index contributed by atoms with van der Waals surface area (Å²) in [5.74, 6) is 1.43. The van der Waals surface area contributed by atoms with Crippen LogP contribution in [0.2, 0.25) is 0 Å². The number of aromatic nitrogens is 1. The second-order valence-corrected chi connectivity index (χ2v) is 4.91. The predicted molar refractivity (Wildman–Crippen MR) is 66.4 cm³/mol. The summed E-state index contributed by atoms with van der Waals surface area (Å²) < 4.78 is 0. The van der Waals surface area contributed by atoms with E-state index in [9.17, 15) is 4.79 Å². The third kappa shape index (κ3) is 2.82. The molecule has 0 radical (unpaired) electrons. The first-order valence-corrected chi connectivity index (χ1v) is 6.02. The van der Waals surface area contributed by atoms with Gasteiger partial charge in [-0.25, -0.2) is 0 Å². The van der Waals surface area contributed by atoms with Gasteiger partial charge in [-0.3, -0.25) is 9.78 Å². The molecule has 1 aromatic heterocycles. The van der Waals surface area contributed by atoms with Crippen molar-refractivity contribution < 1.29 is 4.79 Å². The van der Waals surface area contributed by atoms with Gasteiger partial charge in [-0.15, -0.1) is 0 Å². The molecule has 92 valence electrons. The van der Waals surface area contributed by atoms with E-state index in [-0.39, 0.29) is 5.91 Å². The SMILES string of the molecule is CC1CC1CN(C)C(=O)c1ccc(CN)cn1. The second kappa shape index (κ2) is 4.84. The summed E-state index contributed by atoms with van der Waals surface area (Å²) in [6.07, 6.45) is 2.90. The fourth-order valence-electron chi connectivity index (χ4n) is 1.96. The Kier molecular flexibility index (Phi) is 3.43. The van der Waals surface area contributed by atoms with E-state index in [4.69, 9.17) is 5.73 Å². The minimum Gasteiger partial charge on any atom is -0.340 e. The van der Waals surface area contributed by atoms with Crippen molar-refractivity contribution in [1.29, 1.82) is 0 Å². The summed E-state index contributed by atoms with van der Waals surface area (Å²) >= 11 is 0. The molecule has 1 heterocycles. The highest BCUT2D eigenvalue weighted by molar-refractivity contribution is 5.92. The van der Waals surface area contributed by atoms with Gasteiger partial charge in [-0.2, -0.15) is 0 Å². The lowest BCUT2D eigenvalue weighted by Gasteiger charge is -2.16. The summed E-state index contributed by atoms with van der Waals surface area (Å²) in [6, 6.07) is 3.60. The van der Waals surface area contributed by atoms with Crippen LogP contribution in [0.25, 0.3) is 0 Å². The summed E-state index contributed by atoms with van der Waals surface area (Å²) in [5, 5.41) is 0. The van der Waals surface area contributed by atoms with Crippen molar-refractivity contribution in [3.05, 3.63) is 29.6 Å². The first kappa shape index (κ1) is 12.0. The summed E-state index contributed by atoms with van der Waals surface area (Å²) in [4.78, 5) is 18.0. The maximum Gasteiger partial charge on any atom is 0.272 e. The van der Waals surface area contributed by atoms with E-state index >= 15 is 0 Å². The van der Waals surface area contributed by atoms with Crippen LogP contribution in [-0.4, -0.2) is 29.4 Å². The van der Waals surface area contributed by atoms with Crippen LogP contribution in [0, 0.1) is 11.8 Å². The Hall–Kier alpha value is -1.42. The van der Waals surface area contributed by atoms with Gasteiger partial charge < -0.3 is 10.6 Å². The molecular formula is C13H19N3O. The smallest absolute Gasteiger partial charge is 0.272 e. The van der Waals surface area contributed by atoms with Crippen molar-refractivity contribution in [3.63, 3.8) is 0 Å². The standard InChI is InChI=1S/C13H19N3O/c1-9-5-11(9)8-16(2)13(17)12-4-3-10(6-14)7-15-12/h3-4,7,9,11H,5-6,8,14H2,1-2H3. The Morgan fingerprint density at radius 2 is 2.29 bits per heavy atom. The monoisotopic (exact) mass is 233 g/mol. The lowest BCUT2D eigenvalue weighted by molar-refractivity contribution is 0.0781. The highest BCUT2D eigenvalue weighted by Crippen LogP contribution is 2.38. The third-order valence-corrected chi connectivity index (χ3v) is 3.41. The lowest BCUT2D eigenvalue weighted by atomic mass is 10.2. The van der Waals surface area contributed by atoms with Gasteiger partial charge >= 0.3 is 0 Å². The molecular weight excluding hydrogens is 214 g/mol. The fraction of sp³-hybridized carbons (Fsp3) is 0.538. The molecule has 17 heavy (non-hydrogen) atoms. The molecule has 4 heteroatoms. The highest BCUT2D eigenvalue weighted by Gasteiger charge is 2.34. The minimum absolute atomic E-state index is 0.00679. The summed E-state index contributed by atoms with van der Waals surface area (Å²) in [5.41, 5.74) is 6.93. The van der Waals surface area contributed by atoms with E-state index in [1.54, 1.807) is 17.2 Å². The van der Waals surface area contributed by atoms with E-state index in [0.717, 1.165) is 18.0 Å². The van der Waals surface area contributed by atoms with E-state index in [0.29, 0.717) is 18.2 Å². The van der Waals surface area contributed by atoms with Crippen LogP contribution in [0.1, 0.15) is 29.4 Å². The maximum absolute atomic E-state index is 12.0. The molecule has 0 aromatic carbocycles. The van der Waals surface area contributed by atoms with Gasteiger partial charge in [0.05, 0.1) is 0 Å². The molecule has 0 spiro atoms. The number of rotatable bonds is 4. The molecule has 2 N–H and O–H groups in total. The number of hydrogen-bond donors (Lipinski definition) is 1. The van der Waals surface area contributed by atoms with E-state index in [1.807, 2.05) is 13.1 Å². The minimum atomic E-state index is -0.00679. The predicted octanol–water partition coefficient (Wildman–Crippen LogP) is 1.27. The van der Waals surface area contributed by atoms with Crippen molar-refractivity contribution in [2.75, 3.05) is 13.6 Å². The van der Waals surface area contributed by atoms with Gasteiger partial charge in [-0.05, 0) is 29.9 Å². The van der Waals surface area contributed by atoms with Crippen molar-refractivity contribution in [2.45, 2.75) is 19.9 Å². The molecule has 2 atom stereocenters. The molecule has 0 saturated heterocycles. The number of nitrogens with zero attached hydrogens (tertiary/aromatic N) is 2. The quantitative estimate of drug-likeness (QED) is 0.852. The van der Waals surface area contributed by atoms with E-state index in [2.05, 4.69) is 11.9 Å². The zero-order valence-corrected chi connectivity index (χ0v) is 10.4. The van der Waals surface area contributed by atoms with E-state index < -0.39 is 0 Å². The largest absolute Gasteiger partial charge is 0.340 e. The molecule has 4 nitrogen and oxygen atoms in total. The zero-order chi connectivity index (χ0) is 12.4. The van der Waals surface area contributed by atoms with Gasteiger partial charge in [0.15, 0.2) is 0 Å². The van der Waals surface area contributed by atoms with Crippen molar-refractivity contribution >= 4 is 5.91 Å². The Balaban J connectivity index is 1.97.